The predicted molar refractivity (Wildman–Crippen MR) is 115 cm³/mol. The normalized spacial score (nSPS) is 14.2. The zero-order valence-electron chi connectivity index (χ0n) is 17.1. The first-order valence-corrected chi connectivity index (χ1v) is 11.7. The van der Waals surface area contributed by atoms with E-state index in [2.05, 4.69) is 17.4 Å². The van der Waals surface area contributed by atoms with Gasteiger partial charge >= 0.3 is 0 Å². The minimum absolute atomic E-state index is 0.204. The van der Waals surface area contributed by atoms with Gasteiger partial charge in [0.2, 0.25) is 15.9 Å². The highest BCUT2D eigenvalue weighted by Gasteiger charge is 2.23. The maximum absolute atomic E-state index is 12.7. The predicted octanol–water partition coefficient (Wildman–Crippen LogP) is 3.22. The topological polar surface area (TPSA) is 75.7 Å². The number of aryl methyl sites for hydroxylation is 2. The van der Waals surface area contributed by atoms with E-state index in [1.165, 1.54) is 17.5 Å². The number of nitrogens with zero attached hydrogens (tertiary/aromatic N) is 1. The van der Waals surface area contributed by atoms with Crippen LogP contribution in [0.2, 0.25) is 0 Å². The molecule has 1 unspecified atom stereocenters. The lowest BCUT2D eigenvalue weighted by atomic mass is 10.0. The van der Waals surface area contributed by atoms with Gasteiger partial charge in [-0.05, 0) is 61.9 Å². The van der Waals surface area contributed by atoms with Crippen molar-refractivity contribution in [3.8, 4) is 5.75 Å². The fraction of sp³-hybridized carbons (Fsp3) is 0.409. The van der Waals surface area contributed by atoms with Gasteiger partial charge in [-0.3, -0.25) is 9.10 Å². The highest BCUT2D eigenvalue weighted by Crippen LogP contribution is 2.26. The maximum atomic E-state index is 12.7. The average molecular weight is 417 g/mol. The Hall–Kier alpha value is -2.54. The van der Waals surface area contributed by atoms with E-state index in [4.69, 9.17) is 4.74 Å². The Balaban J connectivity index is 1.73. The van der Waals surface area contributed by atoms with E-state index in [-0.39, 0.29) is 18.5 Å². The number of hydrogen-bond acceptors (Lipinski definition) is 4. The van der Waals surface area contributed by atoms with Crippen molar-refractivity contribution in [2.24, 2.45) is 0 Å². The number of carbonyl (C=O) groups excluding carboxylic acids is 1. The summed E-state index contributed by atoms with van der Waals surface area (Å²) >= 11 is 0. The van der Waals surface area contributed by atoms with E-state index in [0.29, 0.717) is 18.0 Å². The molecule has 0 saturated carbocycles. The second kappa shape index (κ2) is 8.86. The number of benzene rings is 2. The van der Waals surface area contributed by atoms with Crippen LogP contribution in [0.4, 0.5) is 5.69 Å². The number of amides is 1. The molecule has 1 aliphatic rings. The number of rotatable bonds is 8. The van der Waals surface area contributed by atoms with Crippen LogP contribution in [0.5, 0.6) is 5.75 Å². The Bertz CT molecular complexity index is 988. The molecule has 1 amide bonds. The summed E-state index contributed by atoms with van der Waals surface area (Å²) in [6.07, 6.45) is 4.45. The summed E-state index contributed by atoms with van der Waals surface area (Å²) in [4.78, 5) is 12.7. The SMILES string of the molecule is CCOc1cccc(N(CC(=O)NC(C)c2ccc3c(c2)CCC3)S(C)(=O)=O)c1. The van der Waals surface area contributed by atoms with Crippen LogP contribution >= 0.6 is 0 Å². The lowest BCUT2D eigenvalue weighted by Crippen LogP contribution is -2.41. The van der Waals surface area contributed by atoms with Gasteiger partial charge in [-0.15, -0.1) is 0 Å². The summed E-state index contributed by atoms with van der Waals surface area (Å²) < 4.78 is 31.2. The number of ether oxygens (including phenoxy) is 1. The van der Waals surface area contributed by atoms with Crippen LogP contribution in [0.3, 0.4) is 0 Å². The average Bonchev–Trinajstić information content (AvgIpc) is 3.13. The molecule has 1 aliphatic carbocycles. The fourth-order valence-corrected chi connectivity index (χ4v) is 4.51. The molecule has 0 bridgehead atoms. The van der Waals surface area contributed by atoms with Crippen molar-refractivity contribution in [3.05, 3.63) is 59.2 Å². The lowest BCUT2D eigenvalue weighted by Gasteiger charge is -2.24. The Labute approximate surface area is 172 Å². The van der Waals surface area contributed by atoms with Crippen molar-refractivity contribution in [3.63, 3.8) is 0 Å². The summed E-state index contributed by atoms with van der Waals surface area (Å²) in [7, 11) is -3.64. The molecule has 0 aromatic heterocycles. The number of fused-ring (bicyclic) bond motifs is 1. The summed E-state index contributed by atoms with van der Waals surface area (Å²) in [5.41, 5.74) is 4.15. The van der Waals surface area contributed by atoms with Gasteiger partial charge in [0.1, 0.15) is 12.3 Å². The van der Waals surface area contributed by atoms with Crippen molar-refractivity contribution in [2.75, 3.05) is 23.7 Å². The third-order valence-corrected chi connectivity index (χ3v) is 6.24. The first-order chi connectivity index (χ1) is 13.8. The van der Waals surface area contributed by atoms with E-state index in [1.807, 2.05) is 19.9 Å². The molecule has 6 nitrogen and oxygen atoms in total. The van der Waals surface area contributed by atoms with Crippen molar-refractivity contribution in [1.82, 2.24) is 5.32 Å². The van der Waals surface area contributed by atoms with Crippen LogP contribution in [-0.2, 0) is 27.7 Å². The molecule has 0 aliphatic heterocycles. The fourth-order valence-electron chi connectivity index (χ4n) is 3.66. The van der Waals surface area contributed by atoms with Crippen LogP contribution in [0.15, 0.2) is 42.5 Å². The van der Waals surface area contributed by atoms with Crippen LogP contribution in [0.1, 0.15) is 43.0 Å². The molecule has 0 radical (unpaired) electrons. The van der Waals surface area contributed by atoms with Gasteiger partial charge in [0, 0.05) is 6.07 Å². The highest BCUT2D eigenvalue weighted by molar-refractivity contribution is 7.92. The van der Waals surface area contributed by atoms with Gasteiger partial charge in [0.15, 0.2) is 0 Å². The smallest absolute Gasteiger partial charge is 0.241 e. The Kier molecular flexibility index (Phi) is 6.47. The van der Waals surface area contributed by atoms with E-state index in [1.54, 1.807) is 24.3 Å². The van der Waals surface area contributed by atoms with E-state index >= 15 is 0 Å². The van der Waals surface area contributed by atoms with Crippen molar-refractivity contribution in [2.45, 2.75) is 39.2 Å². The zero-order valence-corrected chi connectivity index (χ0v) is 18.0. The van der Waals surface area contributed by atoms with Crippen LogP contribution in [-0.4, -0.2) is 33.7 Å². The Morgan fingerprint density at radius 1 is 1.17 bits per heavy atom. The molecule has 7 heteroatoms. The van der Waals surface area contributed by atoms with E-state index < -0.39 is 10.0 Å². The first-order valence-electron chi connectivity index (χ1n) is 9.89. The van der Waals surface area contributed by atoms with Gasteiger partial charge in [-0.25, -0.2) is 8.42 Å². The molecule has 1 N–H and O–H groups in total. The minimum atomic E-state index is -3.64. The largest absolute Gasteiger partial charge is 0.494 e. The Morgan fingerprint density at radius 3 is 2.66 bits per heavy atom. The number of carbonyl (C=O) groups is 1. The Morgan fingerprint density at radius 2 is 1.93 bits per heavy atom. The summed E-state index contributed by atoms with van der Waals surface area (Å²) in [5, 5.41) is 2.92. The second-order valence-electron chi connectivity index (χ2n) is 7.37. The molecule has 2 aromatic rings. The quantitative estimate of drug-likeness (QED) is 0.717. The van der Waals surface area contributed by atoms with Gasteiger partial charge < -0.3 is 10.1 Å². The monoisotopic (exact) mass is 416 g/mol. The van der Waals surface area contributed by atoms with E-state index in [0.717, 1.165) is 29.0 Å². The molecule has 3 rings (SSSR count). The molecule has 156 valence electrons. The standard InChI is InChI=1S/C22H28N2O4S/c1-4-28-21-10-6-9-20(14-21)24(29(3,26)27)15-22(25)23-16(2)18-12-11-17-7-5-8-19(17)13-18/h6,9-14,16H,4-5,7-8,15H2,1-3H3,(H,23,25). The summed E-state index contributed by atoms with van der Waals surface area (Å²) in [6, 6.07) is 12.9. The zero-order chi connectivity index (χ0) is 21.0. The molecular formula is C22H28N2O4S. The minimum Gasteiger partial charge on any atom is -0.494 e. The number of nitrogens with one attached hydrogen (secondary N) is 1. The summed E-state index contributed by atoms with van der Waals surface area (Å²) in [5.74, 6) is 0.204. The number of anilines is 1. The molecule has 0 saturated heterocycles. The first kappa shape index (κ1) is 21.2. The van der Waals surface area contributed by atoms with Gasteiger partial charge in [-0.2, -0.15) is 0 Å². The van der Waals surface area contributed by atoms with Crippen LogP contribution < -0.4 is 14.4 Å². The van der Waals surface area contributed by atoms with Crippen molar-refractivity contribution >= 4 is 21.6 Å². The summed E-state index contributed by atoms with van der Waals surface area (Å²) in [6.45, 7) is 3.95. The lowest BCUT2D eigenvalue weighted by molar-refractivity contribution is -0.120. The molecule has 29 heavy (non-hydrogen) atoms. The van der Waals surface area contributed by atoms with Gasteiger partial charge in [0.05, 0.1) is 24.6 Å². The van der Waals surface area contributed by atoms with Crippen LogP contribution in [0.25, 0.3) is 0 Å². The molecule has 2 aromatic carbocycles. The number of hydrogen-bond donors (Lipinski definition) is 1. The molecular weight excluding hydrogens is 388 g/mol. The molecule has 1 atom stereocenters. The maximum Gasteiger partial charge on any atom is 0.241 e. The third-order valence-electron chi connectivity index (χ3n) is 5.10. The van der Waals surface area contributed by atoms with Gasteiger partial charge in [0.25, 0.3) is 0 Å². The van der Waals surface area contributed by atoms with Crippen molar-refractivity contribution < 1.29 is 17.9 Å². The highest BCUT2D eigenvalue weighted by atomic mass is 32.2. The van der Waals surface area contributed by atoms with E-state index in [9.17, 15) is 13.2 Å². The molecule has 0 spiro atoms. The molecule has 0 heterocycles. The third kappa shape index (κ3) is 5.29. The van der Waals surface area contributed by atoms with Gasteiger partial charge in [-0.1, -0.05) is 24.3 Å². The van der Waals surface area contributed by atoms with Crippen molar-refractivity contribution in [1.29, 1.82) is 0 Å². The van der Waals surface area contributed by atoms with Crippen LogP contribution in [0, 0.1) is 0 Å². The molecule has 0 fully saturated rings. The second-order valence-corrected chi connectivity index (χ2v) is 9.28. The number of sulfonamides is 1.